The molecule has 4 aliphatic rings. The lowest BCUT2D eigenvalue weighted by molar-refractivity contribution is 0.415. The second kappa shape index (κ2) is 25.0. The Morgan fingerprint density at radius 3 is 0.982 bits per heavy atom. The average molecular weight is 1400 g/mol. The molecule has 4 nitrogen and oxygen atoms in total. The molecular weight excluding hydrogens is 1330 g/mol. The highest BCUT2D eigenvalue weighted by atomic mass is 16.5. The van der Waals surface area contributed by atoms with E-state index in [1.54, 1.807) is 7.11 Å². The zero-order chi connectivity index (χ0) is 73.0. The highest BCUT2D eigenvalue weighted by molar-refractivity contribution is 7.02. The molecule has 18 aromatic carbocycles. The summed E-state index contributed by atoms with van der Waals surface area (Å²) in [5.74, 6) is 1.57. The van der Waals surface area contributed by atoms with Crippen LogP contribution in [0.2, 0.25) is 0 Å². The van der Waals surface area contributed by atoms with Crippen LogP contribution in [0.1, 0.15) is 11.1 Å². The van der Waals surface area contributed by atoms with Crippen molar-refractivity contribution in [1.29, 1.82) is 0 Å². The first-order valence-corrected chi connectivity index (χ1v) is 38.2. The van der Waals surface area contributed by atoms with E-state index >= 15 is 0 Å². The zero-order valence-corrected chi connectivity index (χ0v) is 61.4. The van der Waals surface area contributed by atoms with Gasteiger partial charge in [-0.05, 0) is 275 Å². The smallest absolute Gasteiger partial charge is 0.248 e. The third-order valence-electron chi connectivity index (χ3n) is 24.0. The van der Waals surface area contributed by atoms with Crippen molar-refractivity contribution >= 4 is 113 Å². The first-order valence-electron chi connectivity index (χ1n) is 38.2. The third-order valence-corrected chi connectivity index (χ3v) is 24.0. The molecule has 0 aromatic heterocycles. The Kier molecular flexibility index (Phi) is 14.4. The number of hydrogen-bond donors (Lipinski definition) is 0. The molecule has 0 atom stereocenters. The summed E-state index contributed by atoms with van der Waals surface area (Å²) in [6, 6.07) is 133. The molecule has 0 N–H and O–H groups in total. The lowest BCUT2D eigenvalue weighted by Crippen LogP contribution is -2.60. The van der Waals surface area contributed by atoms with Crippen molar-refractivity contribution in [2.45, 2.75) is 13.8 Å². The molecule has 110 heavy (non-hydrogen) atoms. The van der Waals surface area contributed by atoms with Crippen molar-refractivity contribution in [3.8, 4) is 123 Å². The maximum Gasteiger partial charge on any atom is 0.248 e. The number of benzene rings is 18. The number of nitrogens with zero attached hydrogens (tertiary/aromatic N) is 2. The Bertz CT molecular complexity index is 6670. The van der Waals surface area contributed by atoms with Crippen LogP contribution in [0.4, 0.5) is 34.1 Å². The number of anilines is 6. The minimum absolute atomic E-state index is 0.176. The number of para-hydroxylation sites is 2. The monoisotopic (exact) mass is 1400 g/mol. The normalized spacial score (nSPS) is 12.7. The summed E-state index contributed by atoms with van der Waals surface area (Å²) in [5.41, 5.74) is 40.0. The zero-order valence-electron chi connectivity index (χ0n) is 61.4. The van der Waals surface area contributed by atoms with Crippen LogP contribution in [0.15, 0.2) is 352 Å². The van der Waals surface area contributed by atoms with Gasteiger partial charge in [0.05, 0.1) is 14.2 Å². The Balaban J connectivity index is 1.00. The molecule has 0 saturated carbocycles. The van der Waals surface area contributed by atoms with Gasteiger partial charge < -0.3 is 19.3 Å². The highest BCUT2D eigenvalue weighted by Gasteiger charge is 2.47. The van der Waals surface area contributed by atoms with Gasteiger partial charge in [-0.25, -0.2) is 0 Å². The fourth-order valence-corrected chi connectivity index (χ4v) is 19.4. The quantitative estimate of drug-likeness (QED) is 0.0899. The summed E-state index contributed by atoms with van der Waals surface area (Å²) in [4.78, 5) is 5.02. The topological polar surface area (TPSA) is 24.9 Å². The first-order chi connectivity index (χ1) is 54.3. The largest absolute Gasteiger partial charge is 0.497 e. The van der Waals surface area contributed by atoms with E-state index in [2.05, 4.69) is 375 Å². The first kappa shape index (κ1) is 63.6. The summed E-state index contributed by atoms with van der Waals surface area (Å²) >= 11 is 0. The third kappa shape index (κ3) is 9.61. The van der Waals surface area contributed by atoms with Gasteiger partial charge in [0.1, 0.15) is 11.5 Å². The van der Waals surface area contributed by atoms with Gasteiger partial charge in [-0.3, -0.25) is 0 Å². The molecule has 0 aliphatic carbocycles. The summed E-state index contributed by atoms with van der Waals surface area (Å²) in [5, 5.41) is 7.45. The van der Waals surface area contributed by atoms with Gasteiger partial charge in [0.2, 0.25) is 13.4 Å². The van der Waals surface area contributed by atoms with Crippen molar-refractivity contribution in [2.24, 2.45) is 0 Å². The molecule has 0 unspecified atom stereocenters. The van der Waals surface area contributed by atoms with E-state index in [9.17, 15) is 0 Å². The molecule has 0 fully saturated rings. The molecule has 4 aliphatic heterocycles. The number of methoxy groups -OCH3 is 2. The summed E-state index contributed by atoms with van der Waals surface area (Å²) < 4.78 is 12.9. The van der Waals surface area contributed by atoms with Gasteiger partial charge in [-0.15, -0.1) is 0 Å². The van der Waals surface area contributed by atoms with Gasteiger partial charge in [-0.2, -0.15) is 0 Å². The lowest BCUT2D eigenvalue weighted by atomic mass is 9.31. The molecule has 0 bridgehead atoms. The molecule has 0 amide bonds. The van der Waals surface area contributed by atoms with Gasteiger partial charge in [0.15, 0.2) is 0 Å². The second-order valence-corrected chi connectivity index (χ2v) is 30.1. The van der Waals surface area contributed by atoms with E-state index in [0.29, 0.717) is 0 Å². The Morgan fingerprint density at radius 1 is 0.227 bits per heavy atom. The van der Waals surface area contributed by atoms with E-state index in [1.807, 2.05) is 7.11 Å². The minimum Gasteiger partial charge on any atom is -0.497 e. The molecule has 22 rings (SSSR count). The second-order valence-electron chi connectivity index (χ2n) is 30.1. The van der Waals surface area contributed by atoms with Crippen LogP contribution in [0.5, 0.6) is 11.5 Å². The average Bonchev–Trinajstić information content (AvgIpc) is 0.661. The van der Waals surface area contributed by atoms with Crippen LogP contribution in [0.3, 0.4) is 0 Å². The molecule has 18 aromatic rings. The fraction of sp³-hybridized carbons (Fsp3) is 0.0385. The molecule has 514 valence electrons. The van der Waals surface area contributed by atoms with Crippen LogP contribution >= 0.6 is 0 Å². The van der Waals surface area contributed by atoms with Gasteiger partial charge in [0.25, 0.3) is 0 Å². The van der Waals surface area contributed by atoms with E-state index in [-0.39, 0.29) is 13.4 Å². The van der Waals surface area contributed by atoms with E-state index in [4.69, 9.17) is 9.47 Å². The van der Waals surface area contributed by atoms with Crippen LogP contribution < -0.4 is 52.1 Å². The lowest BCUT2D eigenvalue weighted by Gasteiger charge is -2.42. The molecule has 6 heteroatoms. The van der Waals surface area contributed by atoms with Crippen molar-refractivity contribution in [2.75, 3.05) is 24.0 Å². The predicted octanol–water partition coefficient (Wildman–Crippen LogP) is 23.1. The van der Waals surface area contributed by atoms with Crippen LogP contribution in [0.25, 0.3) is 144 Å². The summed E-state index contributed by atoms with van der Waals surface area (Å²) in [6.45, 7) is 4.12. The maximum atomic E-state index is 6.67. The minimum atomic E-state index is -0.257. The van der Waals surface area contributed by atoms with Crippen LogP contribution in [0, 0.1) is 13.8 Å². The number of fused-ring (bicyclic) bond motifs is 8. The summed E-state index contributed by atoms with van der Waals surface area (Å²) in [6.07, 6.45) is 0. The van der Waals surface area contributed by atoms with Crippen molar-refractivity contribution in [3.05, 3.63) is 363 Å². The standard InChI is InChI=1S/C104H70B2N2O2/c1-63-45-47-89-93(50-63)107(73-41-25-11-26-42-73)95-51-64(2)49-87-83-59-81(97-77(67-33-17-7-18-34-67)52-71(65-29-13-5-14-30-65)53-78(97)68-35-19-8-20-36-68)85-62-92-100-84(88-56-76(110-4)58-96-104(88)106(92)90-48-46-75(109-3)57-94(90)108(96)74-43-27-12-28-44-74)60-82(86-61-91(105(89)103(87)95)99(83)101(85)102(86)100)98-79(69-37-21-9-22-38-69)54-72(66-31-15-6-16-32-66)55-80(98)70-39-23-10-24-40-70/h5-62H,1-4H3. The number of hydrogen-bond acceptors (Lipinski definition) is 4. The molecule has 0 radical (unpaired) electrons. The highest BCUT2D eigenvalue weighted by Crippen LogP contribution is 2.57. The molecule has 4 heterocycles. The fourth-order valence-electron chi connectivity index (χ4n) is 19.4. The van der Waals surface area contributed by atoms with Crippen LogP contribution in [-0.4, -0.2) is 27.6 Å². The molecular formula is C104H70B2N2O2. The van der Waals surface area contributed by atoms with Crippen LogP contribution in [-0.2, 0) is 0 Å². The van der Waals surface area contributed by atoms with Crippen molar-refractivity contribution in [1.82, 2.24) is 0 Å². The van der Waals surface area contributed by atoms with E-state index < -0.39 is 0 Å². The predicted molar refractivity (Wildman–Crippen MR) is 466 cm³/mol. The number of aryl methyl sites for hydroxylation is 2. The van der Waals surface area contributed by atoms with E-state index in [0.717, 1.165) is 112 Å². The van der Waals surface area contributed by atoms with E-state index in [1.165, 1.54) is 121 Å². The number of ether oxygens (including phenoxy) is 2. The van der Waals surface area contributed by atoms with Crippen molar-refractivity contribution < 1.29 is 9.47 Å². The Hall–Kier alpha value is -13.7. The van der Waals surface area contributed by atoms with Gasteiger partial charge >= 0.3 is 0 Å². The van der Waals surface area contributed by atoms with Gasteiger partial charge in [0, 0.05) is 46.3 Å². The SMILES string of the molecule is COc1ccc2c(c1)N(c1ccccc1)c1cc(OC)cc3c1B2c1cc2c(-c4c(-c5ccccc5)cc(-c5ccccc5)cc4-c4ccccc4)cc4c5c(cc6c(-c7c(-c8ccccc8)cc(-c8ccccc8)cc7-c7ccccc7)cc-3c1c6c25)B1c2ccc(C)cc2N(c2ccccc2)c2cc(C)cc-4c21. The Morgan fingerprint density at radius 2 is 0.573 bits per heavy atom. The molecule has 0 spiro atoms. The Labute approximate surface area is 641 Å². The maximum absolute atomic E-state index is 6.67. The summed E-state index contributed by atoms with van der Waals surface area (Å²) in [7, 11) is 3.61. The molecule has 0 saturated heterocycles. The number of rotatable bonds is 12. The van der Waals surface area contributed by atoms with Gasteiger partial charge in [-0.1, -0.05) is 266 Å². The van der Waals surface area contributed by atoms with Crippen molar-refractivity contribution in [3.63, 3.8) is 0 Å².